The molecule has 0 spiro atoms. The summed E-state index contributed by atoms with van der Waals surface area (Å²) >= 11 is 0. The number of aromatic amines is 1. The highest BCUT2D eigenvalue weighted by molar-refractivity contribution is 7.62. The molecular weight excluding hydrogens is 271 g/mol. The molecule has 0 unspecified atom stereocenters. The molecule has 2 aromatic rings. The summed E-state index contributed by atoms with van der Waals surface area (Å²) in [5.41, 5.74) is 1.08. The molecule has 0 bridgehead atoms. The fourth-order valence-corrected chi connectivity index (χ4v) is 4.02. The van der Waals surface area contributed by atoms with Crippen molar-refractivity contribution in [3.8, 4) is 0 Å². The highest BCUT2D eigenvalue weighted by atomic mass is 31.2. The van der Waals surface area contributed by atoms with Gasteiger partial charge in [0.05, 0.1) is 18.9 Å². The maximum Gasteiger partial charge on any atom is 0.158 e. The van der Waals surface area contributed by atoms with E-state index in [2.05, 4.69) is 26.1 Å². The largest absolute Gasteiger partial charge is 0.352 e. The number of para-hydroxylation sites is 1. The summed E-state index contributed by atoms with van der Waals surface area (Å²) in [7, 11) is -1.97. The molecule has 0 amide bonds. The number of rotatable bonds is 3. The molecule has 1 aliphatic rings. The Bertz CT molecular complexity index is 639. The summed E-state index contributed by atoms with van der Waals surface area (Å²) in [4.78, 5) is 4.61. The molecule has 0 atom stereocenters. The second-order valence-corrected chi connectivity index (χ2v) is 9.34. The first-order valence-corrected chi connectivity index (χ1v) is 9.76. The Balaban J connectivity index is 1.71. The van der Waals surface area contributed by atoms with Crippen molar-refractivity contribution in [2.24, 2.45) is 0 Å². The predicted molar refractivity (Wildman–Crippen MR) is 84.2 cm³/mol. The van der Waals surface area contributed by atoms with Gasteiger partial charge in [-0.25, -0.2) is 0 Å². The van der Waals surface area contributed by atoms with Gasteiger partial charge in [-0.05, 0) is 25.5 Å². The van der Waals surface area contributed by atoms with Gasteiger partial charge in [0.25, 0.3) is 0 Å². The van der Waals surface area contributed by atoms with E-state index in [-0.39, 0.29) is 0 Å². The minimum Gasteiger partial charge on any atom is -0.352 e. The van der Waals surface area contributed by atoms with Crippen LogP contribution in [0.4, 0.5) is 5.82 Å². The van der Waals surface area contributed by atoms with Crippen molar-refractivity contribution in [3.05, 3.63) is 24.3 Å². The summed E-state index contributed by atoms with van der Waals surface area (Å²) in [6.45, 7) is 7.50. The molecule has 1 aromatic heterocycles. The second-order valence-electron chi connectivity index (χ2n) is 5.91. The van der Waals surface area contributed by atoms with Crippen LogP contribution in [-0.2, 0) is 4.57 Å². The van der Waals surface area contributed by atoms with E-state index in [1.165, 1.54) is 5.39 Å². The third-order valence-electron chi connectivity index (χ3n) is 3.66. The van der Waals surface area contributed by atoms with Crippen LogP contribution in [0.2, 0.25) is 0 Å². The van der Waals surface area contributed by atoms with Gasteiger partial charge in [0.15, 0.2) is 5.82 Å². The van der Waals surface area contributed by atoms with Crippen LogP contribution < -0.4 is 4.90 Å². The van der Waals surface area contributed by atoms with Gasteiger partial charge in [0.1, 0.15) is 0 Å². The number of nitrogens with zero attached hydrogens (tertiary/aromatic N) is 3. The van der Waals surface area contributed by atoms with Gasteiger partial charge < -0.3 is 9.46 Å². The van der Waals surface area contributed by atoms with Gasteiger partial charge >= 0.3 is 0 Å². The molecule has 5 nitrogen and oxygen atoms in total. The van der Waals surface area contributed by atoms with Gasteiger partial charge in [-0.15, -0.1) is 0 Å². The molecule has 2 heterocycles. The average Bonchev–Trinajstić information content (AvgIpc) is 2.82. The average molecular weight is 292 g/mol. The van der Waals surface area contributed by atoms with E-state index < -0.39 is 7.14 Å². The number of anilines is 1. The molecular formula is C14H21N4OP. The number of fused-ring (bicyclic) bond motifs is 1. The van der Waals surface area contributed by atoms with Crippen molar-refractivity contribution < 1.29 is 4.57 Å². The highest BCUT2D eigenvalue weighted by Crippen LogP contribution is 2.37. The fourth-order valence-electron chi connectivity index (χ4n) is 2.77. The van der Waals surface area contributed by atoms with Crippen LogP contribution in [0.25, 0.3) is 10.9 Å². The zero-order chi connectivity index (χ0) is 14.2. The number of benzene rings is 1. The zero-order valence-corrected chi connectivity index (χ0v) is 12.9. The van der Waals surface area contributed by atoms with E-state index in [4.69, 9.17) is 0 Å². The van der Waals surface area contributed by atoms with Crippen LogP contribution in [0.15, 0.2) is 24.3 Å². The molecule has 1 fully saturated rings. The van der Waals surface area contributed by atoms with Crippen molar-refractivity contribution >= 4 is 23.9 Å². The monoisotopic (exact) mass is 292 g/mol. The molecule has 0 radical (unpaired) electrons. The minimum atomic E-state index is -1.97. The lowest BCUT2D eigenvalue weighted by atomic mass is 10.2. The van der Waals surface area contributed by atoms with Crippen LogP contribution in [0.1, 0.15) is 0 Å². The summed E-state index contributed by atoms with van der Waals surface area (Å²) in [5.74, 6) is 1.04. The third kappa shape index (κ3) is 2.89. The second kappa shape index (κ2) is 5.23. The molecule has 108 valence electrons. The maximum atomic E-state index is 11.9. The first kappa shape index (κ1) is 13.7. The van der Waals surface area contributed by atoms with E-state index in [1.54, 1.807) is 0 Å². The number of hydrogen-bond donors (Lipinski definition) is 1. The summed E-state index contributed by atoms with van der Waals surface area (Å²) in [6, 6.07) is 8.21. The Morgan fingerprint density at radius 1 is 1.20 bits per heavy atom. The van der Waals surface area contributed by atoms with Gasteiger partial charge in [-0.3, -0.25) is 10.00 Å². The van der Waals surface area contributed by atoms with E-state index in [9.17, 15) is 4.57 Å². The van der Waals surface area contributed by atoms with Crippen LogP contribution in [0.3, 0.4) is 0 Å². The van der Waals surface area contributed by atoms with E-state index in [0.29, 0.717) is 0 Å². The molecule has 1 N–H and O–H groups in total. The number of piperazine rings is 1. The van der Waals surface area contributed by atoms with Crippen molar-refractivity contribution in [1.29, 1.82) is 0 Å². The van der Waals surface area contributed by atoms with Gasteiger partial charge in [0.2, 0.25) is 0 Å². The molecule has 0 saturated carbocycles. The highest BCUT2D eigenvalue weighted by Gasteiger charge is 2.22. The number of hydrogen-bond acceptors (Lipinski definition) is 4. The SMILES string of the molecule is CP(C)(=O)CN1CCN(c2n[nH]c3ccccc23)CC1. The molecule has 0 aliphatic carbocycles. The first-order chi connectivity index (χ1) is 9.53. The third-order valence-corrected chi connectivity index (χ3v) is 4.74. The van der Waals surface area contributed by atoms with E-state index >= 15 is 0 Å². The lowest BCUT2D eigenvalue weighted by Gasteiger charge is -2.35. The van der Waals surface area contributed by atoms with Crippen LogP contribution in [0, 0.1) is 0 Å². The topological polar surface area (TPSA) is 52.2 Å². The maximum absolute atomic E-state index is 11.9. The zero-order valence-electron chi connectivity index (χ0n) is 12.0. The van der Waals surface area contributed by atoms with E-state index in [1.807, 2.05) is 31.5 Å². The van der Waals surface area contributed by atoms with Crippen LogP contribution in [0.5, 0.6) is 0 Å². The van der Waals surface area contributed by atoms with Crippen LogP contribution in [-0.4, -0.2) is 60.9 Å². The lowest BCUT2D eigenvalue weighted by molar-refractivity contribution is 0.294. The Morgan fingerprint density at radius 3 is 2.60 bits per heavy atom. The van der Waals surface area contributed by atoms with Crippen LogP contribution >= 0.6 is 7.14 Å². The Hall–Kier alpha value is -1.32. The number of nitrogens with one attached hydrogen (secondary N) is 1. The van der Waals surface area contributed by atoms with Crippen molar-refractivity contribution in [3.63, 3.8) is 0 Å². The molecule has 3 rings (SSSR count). The fraction of sp³-hybridized carbons (Fsp3) is 0.500. The summed E-state index contributed by atoms with van der Waals surface area (Å²) in [5, 5.41) is 8.71. The smallest absolute Gasteiger partial charge is 0.158 e. The van der Waals surface area contributed by atoms with Crippen molar-refractivity contribution in [2.75, 3.05) is 50.7 Å². The van der Waals surface area contributed by atoms with E-state index in [0.717, 1.165) is 43.8 Å². The first-order valence-electron chi connectivity index (χ1n) is 6.97. The normalized spacial score (nSPS) is 17.8. The Morgan fingerprint density at radius 2 is 1.90 bits per heavy atom. The van der Waals surface area contributed by atoms with Crippen molar-refractivity contribution in [1.82, 2.24) is 15.1 Å². The molecule has 1 saturated heterocycles. The van der Waals surface area contributed by atoms with Gasteiger partial charge in [-0.2, -0.15) is 5.10 Å². The number of aromatic nitrogens is 2. The van der Waals surface area contributed by atoms with Crippen molar-refractivity contribution in [2.45, 2.75) is 0 Å². The molecule has 1 aliphatic heterocycles. The molecule has 6 heteroatoms. The Labute approximate surface area is 119 Å². The minimum absolute atomic E-state index is 0.724. The Kier molecular flexibility index (Phi) is 3.57. The predicted octanol–water partition coefficient (Wildman–Crippen LogP) is 2.27. The summed E-state index contributed by atoms with van der Waals surface area (Å²) in [6.07, 6.45) is 0.724. The lowest BCUT2D eigenvalue weighted by Crippen LogP contribution is -2.46. The van der Waals surface area contributed by atoms with Gasteiger partial charge in [-0.1, -0.05) is 12.1 Å². The standard InChI is InChI=1S/C14H21N4OP/c1-20(2,19)11-17-7-9-18(10-8-17)14-12-5-3-4-6-13(12)15-16-14/h3-6H,7-11H2,1-2H3,(H,15,16). The molecule has 20 heavy (non-hydrogen) atoms. The summed E-state index contributed by atoms with van der Waals surface area (Å²) < 4.78 is 11.9. The van der Waals surface area contributed by atoms with Gasteiger partial charge in [0, 0.05) is 31.6 Å². The molecule has 1 aromatic carbocycles. The quantitative estimate of drug-likeness (QED) is 0.882. The number of H-pyrrole nitrogens is 1.